The predicted octanol–water partition coefficient (Wildman–Crippen LogP) is 4.97. The quantitative estimate of drug-likeness (QED) is 0.394. The first kappa shape index (κ1) is 16.9. The van der Waals surface area contributed by atoms with Gasteiger partial charge in [-0.15, -0.1) is 0 Å². The van der Waals surface area contributed by atoms with E-state index in [1.165, 1.54) is 6.33 Å². The molecule has 0 spiro atoms. The van der Waals surface area contributed by atoms with E-state index >= 15 is 0 Å². The fourth-order valence-corrected chi connectivity index (χ4v) is 3.01. The van der Waals surface area contributed by atoms with Gasteiger partial charge in [-0.05, 0) is 31.0 Å². The van der Waals surface area contributed by atoms with Crippen molar-refractivity contribution in [3.63, 3.8) is 0 Å². The van der Waals surface area contributed by atoms with E-state index in [0.717, 1.165) is 0 Å². The number of hydrogen-bond acceptors (Lipinski definition) is 5. The lowest BCUT2D eigenvalue weighted by Gasteiger charge is -2.08. The minimum atomic E-state index is -0.266. The van der Waals surface area contributed by atoms with Gasteiger partial charge in [0.25, 0.3) is 0 Å². The Morgan fingerprint density at radius 3 is 2.63 bits per heavy atom. The van der Waals surface area contributed by atoms with Crippen LogP contribution in [0.4, 0.5) is 5.82 Å². The summed E-state index contributed by atoms with van der Waals surface area (Å²) in [5, 5.41) is 0.797. The maximum absolute atomic E-state index is 13.0. The molecule has 27 heavy (non-hydrogen) atoms. The number of nitrogens with zero attached hydrogens (tertiary/aromatic N) is 3. The highest BCUT2D eigenvalue weighted by molar-refractivity contribution is 6.35. The molecule has 0 aliphatic heterocycles. The van der Waals surface area contributed by atoms with Crippen LogP contribution in [0.15, 0.2) is 66.0 Å². The molecule has 0 saturated heterocycles. The van der Waals surface area contributed by atoms with Gasteiger partial charge in [-0.25, -0.2) is 15.0 Å². The molecular formula is C20H13ClN4O2. The normalized spacial score (nSPS) is 10.7. The van der Waals surface area contributed by atoms with E-state index in [4.69, 9.17) is 16.3 Å². The van der Waals surface area contributed by atoms with Crippen LogP contribution in [-0.4, -0.2) is 27.5 Å². The monoisotopic (exact) mass is 376 g/mol. The van der Waals surface area contributed by atoms with Crippen LogP contribution in [0.5, 0.6) is 11.5 Å². The lowest BCUT2D eigenvalue weighted by Crippen LogP contribution is -2.02. The van der Waals surface area contributed by atoms with Crippen molar-refractivity contribution >= 4 is 41.0 Å². The van der Waals surface area contributed by atoms with E-state index in [-0.39, 0.29) is 10.8 Å². The van der Waals surface area contributed by atoms with Gasteiger partial charge in [-0.1, -0.05) is 29.8 Å². The maximum atomic E-state index is 13.0. The molecule has 0 aliphatic carbocycles. The lowest BCUT2D eigenvalue weighted by molar-refractivity contribution is 0.104. The standard InChI is InChI=1S/C20H13ClN4O2/c1-22-19-17-15(10-23-20(17)25-11-24-19)18(26)14-8-7-13(9-16(14)21)27-12-5-3-2-4-6-12/h2-11H,1H2,(H,23,24,25). The van der Waals surface area contributed by atoms with Crippen molar-refractivity contribution in [1.82, 2.24) is 15.0 Å². The van der Waals surface area contributed by atoms with Crippen molar-refractivity contribution in [2.45, 2.75) is 0 Å². The first-order chi connectivity index (χ1) is 13.2. The summed E-state index contributed by atoms with van der Waals surface area (Å²) in [6, 6.07) is 14.3. The van der Waals surface area contributed by atoms with Crippen LogP contribution in [0.2, 0.25) is 5.02 Å². The first-order valence-corrected chi connectivity index (χ1v) is 8.41. The largest absolute Gasteiger partial charge is 0.457 e. The summed E-state index contributed by atoms with van der Waals surface area (Å²) in [6.45, 7) is 3.49. The highest BCUT2D eigenvalue weighted by Gasteiger charge is 2.20. The highest BCUT2D eigenvalue weighted by atomic mass is 35.5. The number of fused-ring (bicyclic) bond motifs is 1. The van der Waals surface area contributed by atoms with E-state index in [1.807, 2.05) is 30.3 Å². The van der Waals surface area contributed by atoms with Crippen LogP contribution in [0.3, 0.4) is 0 Å². The Morgan fingerprint density at radius 1 is 1.07 bits per heavy atom. The average Bonchev–Trinajstić information content (AvgIpc) is 3.13. The summed E-state index contributed by atoms with van der Waals surface area (Å²) >= 11 is 6.35. The SMILES string of the molecule is C=Nc1ncnc2[nH]cc(C(=O)c3ccc(Oc4ccccc4)cc3Cl)c12. The number of para-hydroxylation sites is 1. The van der Waals surface area contributed by atoms with Gasteiger partial charge >= 0.3 is 0 Å². The number of nitrogens with one attached hydrogen (secondary N) is 1. The third kappa shape index (κ3) is 3.18. The number of benzene rings is 2. The Bertz CT molecular complexity index is 1160. The topological polar surface area (TPSA) is 80.2 Å². The van der Waals surface area contributed by atoms with E-state index < -0.39 is 0 Å². The van der Waals surface area contributed by atoms with Gasteiger partial charge in [-0.2, -0.15) is 0 Å². The molecule has 0 aliphatic rings. The highest BCUT2D eigenvalue weighted by Crippen LogP contribution is 2.31. The van der Waals surface area contributed by atoms with Crippen LogP contribution in [0.25, 0.3) is 11.0 Å². The number of ether oxygens (including phenoxy) is 1. The van der Waals surface area contributed by atoms with Crippen molar-refractivity contribution in [2.75, 3.05) is 0 Å². The number of halogens is 1. The smallest absolute Gasteiger partial charge is 0.196 e. The van der Waals surface area contributed by atoms with Gasteiger partial charge in [0.2, 0.25) is 0 Å². The Balaban J connectivity index is 1.70. The number of hydrogen-bond donors (Lipinski definition) is 1. The summed E-state index contributed by atoms with van der Waals surface area (Å²) in [4.78, 5) is 28.0. The van der Waals surface area contributed by atoms with Crippen LogP contribution in [0.1, 0.15) is 15.9 Å². The maximum Gasteiger partial charge on any atom is 0.196 e. The van der Waals surface area contributed by atoms with Gasteiger partial charge < -0.3 is 9.72 Å². The number of aliphatic imine (C=N–C) groups is 1. The molecule has 6 nitrogen and oxygen atoms in total. The molecule has 2 aromatic heterocycles. The summed E-state index contributed by atoms with van der Waals surface area (Å²) in [6.07, 6.45) is 2.93. The molecule has 4 rings (SSSR count). The van der Waals surface area contributed by atoms with Gasteiger partial charge in [0.05, 0.1) is 16.0 Å². The molecule has 0 radical (unpaired) electrons. The Kier molecular flexibility index (Phi) is 4.40. The zero-order valence-corrected chi connectivity index (χ0v) is 14.8. The summed E-state index contributed by atoms with van der Waals surface area (Å²) < 4.78 is 5.75. The Morgan fingerprint density at radius 2 is 1.89 bits per heavy atom. The van der Waals surface area contributed by atoms with Crippen LogP contribution < -0.4 is 4.74 Å². The molecule has 4 aromatic rings. The van der Waals surface area contributed by atoms with E-state index in [1.54, 1.807) is 24.4 Å². The fourth-order valence-electron chi connectivity index (χ4n) is 2.76. The van der Waals surface area contributed by atoms with Crippen molar-refractivity contribution in [2.24, 2.45) is 4.99 Å². The van der Waals surface area contributed by atoms with Gasteiger partial charge in [0.1, 0.15) is 23.5 Å². The lowest BCUT2D eigenvalue weighted by atomic mass is 10.0. The molecule has 7 heteroatoms. The average molecular weight is 377 g/mol. The summed E-state index contributed by atoms with van der Waals surface area (Å²) in [5.74, 6) is 1.29. The zero-order valence-electron chi connectivity index (χ0n) is 14.0. The van der Waals surface area contributed by atoms with Gasteiger partial charge in [0, 0.05) is 17.8 Å². The Hall–Kier alpha value is -3.51. The van der Waals surface area contributed by atoms with Crippen molar-refractivity contribution < 1.29 is 9.53 Å². The minimum absolute atomic E-state index is 0.266. The van der Waals surface area contributed by atoms with E-state index in [9.17, 15) is 4.79 Å². The zero-order chi connectivity index (χ0) is 18.8. The molecule has 2 aromatic carbocycles. The number of ketones is 1. The second-order valence-corrected chi connectivity index (χ2v) is 6.07. The molecule has 132 valence electrons. The van der Waals surface area contributed by atoms with E-state index in [2.05, 4.69) is 26.7 Å². The molecule has 0 bridgehead atoms. The first-order valence-electron chi connectivity index (χ1n) is 8.03. The number of rotatable bonds is 5. The van der Waals surface area contributed by atoms with Crippen LogP contribution in [0, 0.1) is 0 Å². The number of aromatic nitrogens is 3. The van der Waals surface area contributed by atoms with Crippen molar-refractivity contribution in [3.8, 4) is 11.5 Å². The molecular weight excluding hydrogens is 364 g/mol. The fraction of sp³-hybridized carbons (Fsp3) is 0. The van der Waals surface area contributed by atoms with Gasteiger partial charge in [-0.3, -0.25) is 4.79 Å². The Labute approximate surface area is 159 Å². The van der Waals surface area contributed by atoms with Gasteiger partial charge in [0.15, 0.2) is 11.6 Å². The molecule has 0 unspecified atom stereocenters. The van der Waals surface area contributed by atoms with Crippen molar-refractivity contribution in [3.05, 3.63) is 77.2 Å². The van der Waals surface area contributed by atoms with E-state index in [0.29, 0.717) is 39.5 Å². The second kappa shape index (κ2) is 7.01. The summed E-state index contributed by atoms with van der Waals surface area (Å²) in [7, 11) is 0. The molecule has 0 amide bonds. The third-order valence-corrected chi connectivity index (χ3v) is 4.32. The number of H-pyrrole nitrogens is 1. The number of aromatic amines is 1. The predicted molar refractivity (Wildman–Crippen MR) is 104 cm³/mol. The van der Waals surface area contributed by atoms with Crippen LogP contribution in [-0.2, 0) is 0 Å². The molecule has 2 heterocycles. The van der Waals surface area contributed by atoms with Crippen LogP contribution >= 0.6 is 11.6 Å². The molecule has 0 atom stereocenters. The third-order valence-electron chi connectivity index (χ3n) is 4.01. The number of carbonyl (C=O) groups is 1. The van der Waals surface area contributed by atoms with Crippen molar-refractivity contribution in [1.29, 1.82) is 0 Å². The molecule has 0 fully saturated rings. The summed E-state index contributed by atoms with van der Waals surface area (Å²) in [5.41, 5.74) is 1.24. The molecule has 0 saturated carbocycles. The molecule has 1 N–H and O–H groups in total. The number of carbonyl (C=O) groups excluding carboxylic acids is 1. The minimum Gasteiger partial charge on any atom is -0.457 e. The second-order valence-electron chi connectivity index (χ2n) is 5.67.